The molecular weight excluding hydrogens is 263 g/mol. The lowest BCUT2D eigenvalue weighted by Gasteiger charge is -2.10. The van der Waals surface area contributed by atoms with Gasteiger partial charge in [0.1, 0.15) is 5.82 Å². The van der Waals surface area contributed by atoms with Gasteiger partial charge in [-0.05, 0) is 54.1 Å². The minimum absolute atomic E-state index is 0.193. The highest BCUT2D eigenvalue weighted by atomic mass is 19.1. The van der Waals surface area contributed by atoms with Crippen LogP contribution >= 0.6 is 0 Å². The SMILES string of the molecule is C=N.CC/C(=C\Nc1ccc2cc(F)ccc2c1)C(C)C. The number of allylic oxidation sites excluding steroid dienone is 1. The number of rotatable bonds is 4. The Morgan fingerprint density at radius 2 is 1.81 bits per heavy atom. The van der Waals surface area contributed by atoms with Crippen molar-refractivity contribution in [3.05, 3.63) is 54.0 Å². The average molecular weight is 286 g/mol. The first-order valence-corrected chi connectivity index (χ1v) is 7.10. The van der Waals surface area contributed by atoms with Crippen molar-refractivity contribution >= 4 is 23.2 Å². The zero-order valence-corrected chi connectivity index (χ0v) is 12.9. The molecule has 2 N–H and O–H groups in total. The first-order valence-electron chi connectivity index (χ1n) is 7.10. The van der Waals surface area contributed by atoms with Gasteiger partial charge in [-0.2, -0.15) is 0 Å². The third kappa shape index (κ3) is 4.71. The first-order chi connectivity index (χ1) is 10.1. The van der Waals surface area contributed by atoms with E-state index in [0.29, 0.717) is 5.92 Å². The standard InChI is InChI=1S/C17H20FN.CH3N/c1-4-13(12(2)3)11-19-17-8-6-14-9-16(18)7-5-15(14)10-17;1-2/h5-12,19H,4H2,1-3H3;2H,1H2/b13-11+;. The van der Waals surface area contributed by atoms with Gasteiger partial charge >= 0.3 is 0 Å². The Labute approximate surface area is 126 Å². The van der Waals surface area contributed by atoms with Gasteiger partial charge in [-0.3, -0.25) is 0 Å². The molecule has 0 atom stereocenters. The van der Waals surface area contributed by atoms with Gasteiger partial charge in [0.25, 0.3) is 0 Å². The van der Waals surface area contributed by atoms with E-state index in [4.69, 9.17) is 5.41 Å². The molecule has 112 valence electrons. The number of fused-ring (bicyclic) bond motifs is 1. The van der Waals surface area contributed by atoms with Crippen molar-refractivity contribution in [3.63, 3.8) is 0 Å². The van der Waals surface area contributed by atoms with Gasteiger partial charge in [-0.15, -0.1) is 0 Å². The molecule has 2 rings (SSSR count). The monoisotopic (exact) mass is 286 g/mol. The van der Waals surface area contributed by atoms with Gasteiger partial charge < -0.3 is 10.7 Å². The fourth-order valence-corrected chi connectivity index (χ4v) is 2.16. The van der Waals surface area contributed by atoms with Crippen molar-refractivity contribution in [2.75, 3.05) is 5.32 Å². The predicted octanol–water partition coefficient (Wildman–Crippen LogP) is 5.61. The van der Waals surface area contributed by atoms with Crippen LogP contribution < -0.4 is 5.32 Å². The van der Waals surface area contributed by atoms with E-state index in [9.17, 15) is 4.39 Å². The van der Waals surface area contributed by atoms with Crippen molar-refractivity contribution in [1.82, 2.24) is 0 Å². The minimum Gasteiger partial charge on any atom is -0.362 e. The van der Waals surface area contributed by atoms with Crippen LogP contribution in [0.4, 0.5) is 10.1 Å². The number of benzene rings is 2. The lowest BCUT2D eigenvalue weighted by Crippen LogP contribution is -1.97. The van der Waals surface area contributed by atoms with Crippen molar-refractivity contribution in [2.45, 2.75) is 27.2 Å². The van der Waals surface area contributed by atoms with Gasteiger partial charge in [0.15, 0.2) is 0 Å². The molecule has 0 radical (unpaired) electrons. The van der Waals surface area contributed by atoms with Crippen LogP contribution in [-0.4, -0.2) is 6.72 Å². The minimum atomic E-state index is -0.193. The van der Waals surface area contributed by atoms with Crippen LogP contribution in [0.1, 0.15) is 27.2 Å². The number of hydrogen-bond acceptors (Lipinski definition) is 2. The highest BCUT2D eigenvalue weighted by molar-refractivity contribution is 5.85. The van der Waals surface area contributed by atoms with Gasteiger partial charge in [0, 0.05) is 11.9 Å². The molecule has 0 saturated carbocycles. The summed E-state index contributed by atoms with van der Waals surface area (Å²) in [5.41, 5.74) is 2.42. The number of halogens is 1. The maximum absolute atomic E-state index is 13.1. The summed E-state index contributed by atoms with van der Waals surface area (Å²) < 4.78 is 13.1. The quantitative estimate of drug-likeness (QED) is 0.704. The van der Waals surface area contributed by atoms with Crippen LogP contribution in [0.2, 0.25) is 0 Å². The molecule has 0 heterocycles. The van der Waals surface area contributed by atoms with E-state index in [1.165, 1.54) is 11.6 Å². The molecule has 2 nitrogen and oxygen atoms in total. The summed E-state index contributed by atoms with van der Waals surface area (Å²) in [4.78, 5) is 0. The summed E-state index contributed by atoms with van der Waals surface area (Å²) >= 11 is 0. The lowest BCUT2D eigenvalue weighted by atomic mass is 10.0. The second-order valence-electron chi connectivity index (χ2n) is 5.08. The van der Waals surface area contributed by atoms with E-state index in [2.05, 4.69) is 39.0 Å². The molecule has 0 aromatic heterocycles. The first kappa shape index (κ1) is 16.9. The molecule has 0 saturated heterocycles. The topological polar surface area (TPSA) is 35.9 Å². The molecule has 0 amide bonds. The maximum Gasteiger partial charge on any atom is 0.123 e. The van der Waals surface area contributed by atoms with E-state index in [1.54, 1.807) is 6.07 Å². The smallest absolute Gasteiger partial charge is 0.123 e. The Hall–Kier alpha value is -2.16. The largest absolute Gasteiger partial charge is 0.362 e. The summed E-state index contributed by atoms with van der Waals surface area (Å²) in [5, 5.41) is 10.8. The van der Waals surface area contributed by atoms with Crippen LogP contribution in [0, 0.1) is 17.1 Å². The summed E-state index contributed by atoms with van der Waals surface area (Å²) in [5.74, 6) is 0.355. The molecule has 2 aromatic rings. The summed E-state index contributed by atoms with van der Waals surface area (Å²) in [7, 11) is 0. The Kier molecular flexibility index (Phi) is 6.60. The molecule has 3 heteroatoms. The van der Waals surface area contributed by atoms with Gasteiger partial charge in [0.05, 0.1) is 0 Å². The number of hydrogen-bond donors (Lipinski definition) is 2. The molecule has 0 fully saturated rings. The van der Waals surface area contributed by atoms with Gasteiger partial charge in [0.2, 0.25) is 0 Å². The molecule has 0 aliphatic rings. The molecular formula is C18H23FN2. The van der Waals surface area contributed by atoms with E-state index in [0.717, 1.165) is 22.9 Å². The van der Waals surface area contributed by atoms with Crippen molar-refractivity contribution in [1.29, 1.82) is 5.41 Å². The highest BCUT2D eigenvalue weighted by Gasteiger charge is 2.01. The second-order valence-corrected chi connectivity index (χ2v) is 5.08. The van der Waals surface area contributed by atoms with Crippen LogP contribution in [-0.2, 0) is 0 Å². The molecule has 0 unspecified atom stereocenters. The Morgan fingerprint density at radius 3 is 2.43 bits per heavy atom. The summed E-state index contributed by atoms with van der Waals surface area (Å²) in [6.45, 7) is 9.05. The fraction of sp³-hybridized carbons (Fsp3) is 0.278. The lowest BCUT2D eigenvalue weighted by molar-refractivity contribution is 0.630. The molecule has 0 bridgehead atoms. The zero-order chi connectivity index (χ0) is 15.8. The van der Waals surface area contributed by atoms with E-state index in [-0.39, 0.29) is 5.82 Å². The third-order valence-corrected chi connectivity index (χ3v) is 3.38. The average Bonchev–Trinajstić information content (AvgIpc) is 2.49. The zero-order valence-electron chi connectivity index (χ0n) is 12.9. The van der Waals surface area contributed by atoms with Crippen LogP contribution in [0.15, 0.2) is 48.2 Å². The maximum atomic E-state index is 13.1. The Balaban J connectivity index is 0.00000106. The highest BCUT2D eigenvalue weighted by Crippen LogP contribution is 2.21. The van der Waals surface area contributed by atoms with E-state index < -0.39 is 0 Å². The van der Waals surface area contributed by atoms with Crippen LogP contribution in [0.3, 0.4) is 0 Å². The predicted molar refractivity (Wildman–Crippen MR) is 90.6 cm³/mol. The van der Waals surface area contributed by atoms with E-state index >= 15 is 0 Å². The van der Waals surface area contributed by atoms with Crippen molar-refractivity contribution in [2.24, 2.45) is 5.92 Å². The van der Waals surface area contributed by atoms with Crippen LogP contribution in [0.5, 0.6) is 0 Å². The summed E-state index contributed by atoms with van der Waals surface area (Å²) in [6.07, 6.45) is 3.12. The third-order valence-electron chi connectivity index (χ3n) is 3.38. The van der Waals surface area contributed by atoms with E-state index in [1.807, 2.05) is 24.3 Å². The molecule has 0 aliphatic carbocycles. The molecule has 0 aliphatic heterocycles. The number of anilines is 1. The Bertz CT molecular complexity index is 618. The normalized spacial score (nSPS) is 11.2. The molecule has 2 aromatic carbocycles. The van der Waals surface area contributed by atoms with Crippen molar-refractivity contribution in [3.8, 4) is 0 Å². The molecule has 0 spiro atoms. The van der Waals surface area contributed by atoms with Crippen LogP contribution in [0.25, 0.3) is 10.8 Å². The number of nitrogens with one attached hydrogen (secondary N) is 2. The Morgan fingerprint density at radius 1 is 1.19 bits per heavy atom. The van der Waals surface area contributed by atoms with Gasteiger partial charge in [-0.25, -0.2) is 4.39 Å². The van der Waals surface area contributed by atoms with Gasteiger partial charge in [-0.1, -0.05) is 38.5 Å². The molecule has 21 heavy (non-hydrogen) atoms. The second kappa shape index (κ2) is 8.20. The summed E-state index contributed by atoms with van der Waals surface area (Å²) in [6, 6.07) is 10.8. The van der Waals surface area contributed by atoms with Crippen molar-refractivity contribution < 1.29 is 4.39 Å². The fourth-order valence-electron chi connectivity index (χ4n) is 2.16.